The molecule has 2 heterocycles. The van der Waals surface area contributed by atoms with Gasteiger partial charge in [0.15, 0.2) is 11.5 Å². The molecule has 3 rings (SSSR count). The van der Waals surface area contributed by atoms with Gasteiger partial charge in [-0.05, 0) is 30.7 Å². The van der Waals surface area contributed by atoms with Crippen molar-refractivity contribution < 1.29 is 14.3 Å². The standard InChI is InChI=1S/C33H52ClN5O3/c1-5-6-7-8-9-10-11-12-13-14-15-16-17-18-23-42-28(40)24-41-25-35-27-21-19-26(20-22-27)31-36-32-29(34)30(33(2,3)4)37-39(32)38-31/h19-22,35,37H,5-18,23-25H2,1-4H3. The first kappa shape index (κ1) is 33.9. The number of esters is 1. The van der Waals surface area contributed by atoms with Crippen LogP contribution in [0.25, 0.3) is 17.0 Å². The van der Waals surface area contributed by atoms with Gasteiger partial charge in [0.1, 0.15) is 18.4 Å². The van der Waals surface area contributed by atoms with Crippen LogP contribution in [0.5, 0.6) is 0 Å². The molecule has 0 saturated heterocycles. The average Bonchev–Trinajstić information content (AvgIpc) is 3.53. The van der Waals surface area contributed by atoms with Crippen molar-refractivity contribution in [3.05, 3.63) is 35.0 Å². The molecule has 9 heteroatoms. The summed E-state index contributed by atoms with van der Waals surface area (Å²) in [4.78, 5) is 16.5. The zero-order chi connectivity index (χ0) is 30.2. The molecule has 0 saturated carbocycles. The minimum atomic E-state index is -0.323. The molecule has 1 aromatic carbocycles. The third-order valence-corrected chi connectivity index (χ3v) is 7.85. The summed E-state index contributed by atoms with van der Waals surface area (Å²) in [7, 11) is 0. The van der Waals surface area contributed by atoms with Crippen LogP contribution < -0.4 is 5.32 Å². The molecule has 0 aliphatic carbocycles. The Hall–Kier alpha value is -2.58. The van der Waals surface area contributed by atoms with Gasteiger partial charge in [-0.1, -0.05) is 123 Å². The fourth-order valence-electron chi connectivity index (χ4n) is 4.95. The van der Waals surface area contributed by atoms with Crippen molar-refractivity contribution in [2.45, 2.75) is 123 Å². The Morgan fingerprint density at radius 3 is 2.02 bits per heavy atom. The van der Waals surface area contributed by atoms with Crippen molar-refractivity contribution in [3.8, 4) is 11.4 Å². The summed E-state index contributed by atoms with van der Waals surface area (Å²) in [6.45, 7) is 9.15. The summed E-state index contributed by atoms with van der Waals surface area (Å²) in [5, 5.41) is 11.5. The molecule has 2 N–H and O–H groups in total. The van der Waals surface area contributed by atoms with Gasteiger partial charge in [-0.15, -0.1) is 5.10 Å². The zero-order valence-corrected chi connectivity index (χ0v) is 27.0. The lowest BCUT2D eigenvalue weighted by atomic mass is 9.92. The van der Waals surface area contributed by atoms with E-state index in [1.165, 1.54) is 77.0 Å². The Kier molecular flexibility index (Phi) is 14.7. The monoisotopic (exact) mass is 601 g/mol. The topological polar surface area (TPSA) is 93.5 Å². The molecule has 3 aromatic rings. The second-order valence-electron chi connectivity index (χ2n) is 12.3. The number of nitrogens with zero attached hydrogens (tertiary/aromatic N) is 3. The highest BCUT2D eigenvalue weighted by atomic mass is 35.5. The number of carbonyl (C=O) groups is 1. The molecule has 0 unspecified atom stereocenters. The molecule has 234 valence electrons. The van der Waals surface area contributed by atoms with Crippen LogP contribution in [0.2, 0.25) is 5.02 Å². The zero-order valence-electron chi connectivity index (χ0n) is 26.3. The van der Waals surface area contributed by atoms with Gasteiger partial charge in [0.05, 0.1) is 12.3 Å². The van der Waals surface area contributed by atoms with Gasteiger partial charge in [0.2, 0.25) is 0 Å². The molecule has 0 aliphatic heterocycles. The molecule has 0 atom stereocenters. The van der Waals surface area contributed by atoms with E-state index in [9.17, 15) is 4.79 Å². The van der Waals surface area contributed by atoms with Crippen LogP contribution in [-0.4, -0.2) is 45.7 Å². The Morgan fingerprint density at radius 2 is 1.48 bits per heavy atom. The molecule has 0 fully saturated rings. The van der Waals surface area contributed by atoms with Crippen molar-refractivity contribution >= 4 is 28.9 Å². The van der Waals surface area contributed by atoms with Gasteiger partial charge in [0, 0.05) is 16.7 Å². The minimum absolute atomic E-state index is 0.0638. The Bertz CT molecular complexity index is 1180. The minimum Gasteiger partial charge on any atom is -0.464 e. The quantitative estimate of drug-likeness (QED) is 0.0718. The van der Waals surface area contributed by atoms with Crippen molar-refractivity contribution in [1.82, 2.24) is 19.8 Å². The molecule has 0 bridgehead atoms. The van der Waals surface area contributed by atoms with Crippen molar-refractivity contribution in [2.24, 2.45) is 0 Å². The number of aromatic nitrogens is 4. The predicted octanol–water partition coefficient (Wildman–Crippen LogP) is 9.09. The lowest BCUT2D eigenvalue weighted by Gasteiger charge is -2.16. The van der Waals surface area contributed by atoms with Crippen LogP contribution in [-0.2, 0) is 19.7 Å². The summed E-state index contributed by atoms with van der Waals surface area (Å²) in [5.41, 5.74) is 3.14. The van der Waals surface area contributed by atoms with E-state index >= 15 is 0 Å². The number of hydrogen-bond acceptors (Lipinski definition) is 6. The molecular weight excluding hydrogens is 550 g/mol. The molecule has 8 nitrogen and oxygen atoms in total. The van der Waals surface area contributed by atoms with Crippen LogP contribution in [0, 0.1) is 0 Å². The van der Waals surface area contributed by atoms with Gasteiger partial charge >= 0.3 is 5.97 Å². The van der Waals surface area contributed by atoms with Gasteiger partial charge in [-0.2, -0.15) is 4.63 Å². The lowest BCUT2D eigenvalue weighted by Crippen LogP contribution is -2.16. The highest BCUT2D eigenvalue weighted by molar-refractivity contribution is 6.34. The van der Waals surface area contributed by atoms with Gasteiger partial charge in [-0.3, -0.25) is 5.10 Å². The van der Waals surface area contributed by atoms with Gasteiger partial charge in [0.25, 0.3) is 0 Å². The number of aromatic amines is 1. The number of ether oxygens (including phenoxy) is 2. The van der Waals surface area contributed by atoms with E-state index in [1.807, 2.05) is 24.3 Å². The van der Waals surface area contributed by atoms with E-state index in [-0.39, 0.29) is 24.7 Å². The Labute approximate surface area is 257 Å². The van der Waals surface area contributed by atoms with E-state index in [0.717, 1.165) is 29.8 Å². The number of halogens is 1. The van der Waals surface area contributed by atoms with Gasteiger partial charge < -0.3 is 14.8 Å². The number of unbranched alkanes of at least 4 members (excludes halogenated alkanes) is 13. The first-order valence-corrected chi connectivity index (χ1v) is 16.4. The summed E-state index contributed by atoms with van der Waals surface area (Å²) in [5.74, 6) is 0.268. The molecule has 0 aliphatic rings. The van der Waals surface area contributed by atoms with E-state index in [0.29, 0.717) is 23.1 Å². The normalized spacial score (nSPS) is 11.8. The maximum atomic E-state index is 11.9. The van der Waals surface area contributed by atoms with Crippen LogP contribution in [0.1, 0.15) is 123 Å². The molecule has 0 spiro atoms. The highest BCUT2D eigenvalue weighted by Crippen LogP contribution is 2.32. The number of carbonyl (C=O) groups excluding carboxylic acids is 1. The number of nitrogens with one attached hydrogen (secondary N) is 2. The van der Waals surface area contributed by atoms with Gasteiger partial charge in [-0.25, -0.2) is 9.78 Å². The van der Waals surface area contributed by atoms with Crippen LogP contribution >= 0.6 is 11.6 Å². The lowest BCUT2D eigenvalue weighted by molar-refractivity contribution is -0.148. The number of rotatable bonds is 21. The molecule has 0 amide bonds. The second-order valence-corrected chi connectivity index (χ2v) is 12.7. The second kappa shape index (κ2) is 18.2. The van der Waals surface area contributed by atoms with E-state index in [1.54, 1.807) is 4.63 Å². The number of anilines is 1. The number of fused-ring (bicyclic) bond motifs is 1. The summed E-state index contributed by atoms with van der Waals surface area (Å²) in [6, 6.07) is 7.70. The first-order valence-electron chi connectivity index (χ1n) is 16.0. The number of hydrogen-bond donors (Lipinski definition) is 2. The summed E-state index contributed by atoms with van der Waals surface area (Å²) < 4.78 is 12.4. The Morgan fingerprint density at radius 1 is 0.905 bits per heavy atom. The predicted molar refractivity (Wildman–Crippen MR) is 172 cm³/mol. The smallest absolute Gasteiger partial charge is 0.332 e. The highest BCUT2D eigenvalue weighted by Gasteiger charge is 2.24. The maximum Gasteiger partial charge on any atom is 0.332 e. The Balaban J connectivity index is 1.19. The van der Waals surface area contributed by atoms with Crippen molar-refractivity contribution in [2.75, 3.05) is 25.3 Å². The molecule has 42 heavy (non-hydrogen) atoms. The van der Waals surface area contributed by atoms with E-state index in [2.05, 4.69) is 48.2 Å². The summed E-state index contributed by atoms with van der Waals surface area (Å²) in [6.07, 6.45) is 18.3. The van der Waals surface area contributed by atoms with E-state index in [4.69, 9.17) is 21.1 Å². The van der Waals surface area contributed by atoms with Crippen LogP contribution in [0.4, 0.5) is 5.69 Å². The number of benzene rings is 1. The molecule has 2 aromatic heterocycles. The fourth-order valence-corrected chi connectivity index (χ4v) is 5.40. The van der Waals surface area contributed by atoms with Crippen LogP contribution in [0.15, 0.2) is 24.3 Å². The largest absolute Gasteiger partial charge is 0.464 e. The average molecular weight is 602 g/mol. The van der Waals surface area contributed by atoms with E-state index < -0.39 is 0 Å². The molecular formula is C33H52ClN5O3. The molecule has 0 radical (unpaired) electrons. The third kappa shape index (κ3) is 11.6. The third-order valence-electron chi connectivity index (χ3n) is 7.49. The maximum absolute atomic E-state index is 11.9. The fraction of sp³-hybridized carbons (Fsp3) is 0.667. The summed E-state index contributed by atoms with van der Waals surface area (Å²) >= 11 is 6.54. The first-order chi connectivity index (χ1) is 20.3. The van der Waals surface area contributed by atoms with Crippen molar-refractivity contribution in [1.29, 1.82) is 0 Å². The van der Waals surface area contributed by atoms with Crippen molar-refractivity contribution in [3.63, 3.8) is 0 Å². The SMILES string of the molecule is CCCCCCCCCCCCCCCCOC(=O)COCNc1ccc(-c2nc3c(Cl)c(C(C)(C)C)[nH]n3n2)cc1. The van der Waals surface area contributed by atoms with Crippen LogP contribution in [0.3, 0.4) is 0 Å². The number of H-pyrrole nitrogens is 1.